The fourth-order valence-corrected chi connectivity index (χ4v) is 2.11. The summed E-state index contributed by atoms with van der Waals surface area (Å²) in [6, 6.07) is 0. The highest BCUT2D eigenvalue weighted by Crippen LogP contribution is 2.33. The van der Waals surface area contributed by atoms with Crippen LogP contribution in [0.1, 0.15) is 50.3 Å². The van der Waals surface area contributed by atoms with E-state index in [1.54, 1.807) is 0 Å². The molecule has 1 aliphatic carbocycles. The van der Waals surface area contributed by atoms with Gasteiger partial charge >= 0.3 is 0 Å². The van der Waals surface area contributed by atoms with Crippen molar-refractivity contribution < 1.29 is 0 Å². The first kappa shape index (κ1) is 8.79. The third-order valence-corrected chi connectivity index (χ3v) is 3.33. The molecule has 1 heterocycles. The number of aromatic amines is 1. The van der Waals surface area contributed by atoms with Crippen LogP contribution < -0.4 is 0 Å². The molecule has 2 heteroatoms. The van der Waals surface area contributed by atoms with Crippen LogP contribution in [-0.2, 0) is 12.8 Å². The van der Waals surface area contributed by atoms with E-state index in [0.717, 1.165) is 18.2 Å². The van der Waals surface area contributed by atoms with Gasteiger partial charge in [-0.15, -0.1) is 0 Å². The highest BCUT2D eigenvalue weighted by molar-refractivity contribution is 5.22. The van der Waals surface area contributed by atoms with E-state index >= 15 is 0 Å². The van der Waals surface area contributed by atoms with Crippen molar-refractivity contribution in [1.82, 2.24) is 9.97 Å². The zero-order chi connectivity index (χ0) is 9.42. The third kappa shape index (κ3) is 1.38. The number of aryl methyl sites for hydroxylation is 2. The Labute approximate surface area is 79.8 Å². The average molecular weight is 178 g/mol. The smallest absolute Gasteiger partial charge is 0.106 e. The molecule has 0 radical (unpaired) electrons. The van der Waals surface area contributed by atoms with E-state index in [2.05, 4.69) is 30.7 Å². The molecule has 0 aromatic carbocycles. The second kappa shape index (κ2) is 3.17. The molecule has 2 atom stereocenters. The number of nitrogens with zero attached hydrogens (tertiary/aromatic N) is 1. The van der Waals surface area contributed by atoms with Crippen LogP contribution in [0.15, 0.2) is 0 Å². The Bertz CT molecular complexity index is 301. The molecule has 1 N–H and O–H groups in total. The Hall–Kier alpha value is -0.790. The Morgan fingerprint density at radius 2 is 2.23 bits per heavy atom. The Morgan fingerprint density at radius 3 is 2.92 bits per heavy atom. The van der Waals surface area contributed by atoms with Crippen LogP contribution in [0.5, 0.6) is 0 Å². The predicted octanol–water partition coefficient (Wildman–Crippen LogP) is 2.66. The van der Waals surface area contributed by atoms with Crippen molar-refractivity contribution >= 4 is 0 Å². The summed E-state index contributed by atoms with van der Waals surface area (Å²) in [5, 5.41) is 0. The zero-order valence-electron chi connectivity index (χ0n) is 8.72. The van der Waals surface area contributed by atoms with Crippen LogP contribution in [0.25, 0.3) is 0 Å². The molecule has 2 unspecified atom stereocenters. The number of hydrogen-bond donors (Lipinski definition) is 1. The van der Waals surface area contributed by atoms with Crippen LogP contribution >= 0.6 is 0 Å². The zero-order valence-corrected chi connectivity index (χ0v) is 8.72. The van der Waals surface area contributed by atoms with Crippen molar-refractivity contribution in [2.24, 2.45) is 5.92 Å². The number of nitrogens with one attached hydrogen (secondary N) is 1. The van der Waals surface area contributed by atoms with Gasteiger partial charge in [0.2, 0.25) is 0 Å². The van der Waals surface area contributed by atoms with Gasteiger partial charge in [0.05, 0.1) is 5.69 Å². The van der Waals surface area contributed by atoms with Gasteiger partial charge in [0.25, 0.3) is 0 Å². The van der Waals surface area contributed by atoms with E-state index in [0.29, 0.717) is 5.92 Å². The number of aromatic nitrogens is 2. The van der Waals surface area contributed by atoms with Crippen LogP contribution in [0.3, 0.4) is 0 Å². The molecule has 0 saturated carbocycles. The van der Waals surface area contributed by atoms with E-state index < -0.39 is 0 Å². The minimum absolute atomic E-state index is 0.639. The highest BCUT2D eigenvalue weighted by atomic mass is 14.9. The second-order valence-electron chi connectivity index (χ2n) is 4.21. The molecule has 0 saturated heterocycles. The van der Waals surface area contributed by atoms with Crippen molar-refractivity contribution in [1.29, 1.82) is 0 Å². The number of rotatable bonds is 1. The predicted molar refractivity (Wildman–Crippen MR) is 53.9 cm³/mol. The fourth-order valence-electron chi connectivity index (χ4n) is 2.11. The SMILES string of the molecule is CCc1nc2c([nH]1)CCC(C)C2C. The maximum absolute atomic E-state index is 4.65. The summed E-state index contributed by atoms with van der Waals surface area (Å²) < 4.78 is 0. The summed E-state index contributed by atoms with van der Waals surface area (Å²) in [6.07, 6.45) is 3.52. The summed E-state index contributed by atoms with van der Waals surface area (Å²) in [5.74, 6) is 2.59. The molecule has 0 bridgehead atoms. The van der Waals surface area contributed by atoms with E-state index in [4.69, 9.17) is 0 Å². The van der Waals surface area contributed by atoms with Crippen molar-refractivity contribution in [2.45, 2.75) is 46.0 Å². The highest BCUT2D eigenvalue weighted by Gasteiger charge is 2.25. The van der Waals surface area contributed by atoms with Crippen LogP contribution in [-0.4, -0.2) is 9.97 Å². The summed E-state index contributed by atoms with van der Waals surface area (Å²) in [6.45, 7) is 6.77. The molecule has 2 rings (SSSR count). The van der Waals surface area contributed by atoms with Gasteiger partial charge in [-0.2, -0.15) is 0 Å². The van der Waals surface area contributed by atoms with E-state index in [9.17, 15) is 0 Å². The molecule has 13 heavy (non-hydrogen) atoms. The largest absolute Gasteiger partial charge is 0.346 e. The number of fused-ring (bicyclic) bond motifs is 1. The molecule has 0 fully saturated rings. The number of hydrogen-bond acceptors (Lipinski definition) is 1. The standard InChI is InChI=1S/C11H18N2/c1-4-10-12-9-6-5-7(2)8(3)11(9)13-10/h7-8H,4-6H2,1-3H3,(H,12,13). The molecule has 1 aliphatic rings. The molecule has 0 aliphatic heterocycles. The maximum atomic E-state index is 4.65. The quantitative estimate of drug-likeness (QED) is 0.703. The molecule has 0 amide bonds. The van der Waals surface area contributed by atoms with E-state index in [1.165, 1.54) is 24.2 Å². The first-order valence-corrected chi connectivity index (χ1v) is 5.30. The summed E-state index contributed by atoms with van der Waals surface area (Å²) in [5.41, 5.74) is 2.72. The average Bonchev–Trinajstić information content (AvgIpc) is 2.55. The van der Waals surface area contributed by atoms with Gasteiger partial charge in [-0.3, -0.25) is 0 Å². The Morgan fingerprint density at radius 1 is 1.46 bits per heavy atom. The first-order valence-electron chi connectivity index (χ1n) is 5.30. The van der Waals surface area contributed by atoms with Gasteiger partial charge in [0, 0.05) is 18.0 Å². The van der Waals surface area contributed by atoms with Crippen molar-refractivity contribution in [3.8, 4) is 0 Å². The van der Waals surface area contributed by atoms with Crippen molar-refractivity contribution in [3.05, 3.63) is 17.2 Å². The second-order valence-corrected chi connectivity index (χ2v) is 4.21. The Kier molecular flexibility index (Phi) is 2.14. The minimum Gasteiger partial charge on any atom is -0.346 e. The summed E-state index contributed by atoms with van der Waals surface area (Å²) in [7, 11) is 0. The monoisotopic (exact) mass is 178 g/mol. The Balaban J connectivity index is 2.36. The van der Waals surface area contributed by atoms with Crippen molar-refractivity contribution in [2.75, 3.05) is 0 Å². The lowest BCUT2D eigenvalue weighted by atomic mass is 9.82. The lowest BCUT2D eigenvalue weighted by Crippen LogP contribution is -2.15. The normalized spacial score (nSPS) is 27.3. The minimum atomic E-state index is 0.639. The molecular weight excluding hydrogens is 160 g/mol. The topological polar surface area (TPSA) is 28.7 Å². The summed E-state index contributed by atoms with van der Waals surface area (Å²) in [4.78, 5) is 8.07. The van der Waals surface area contributed by atoms with E-state index in [-0.39, 0.29) is 0 Å². The first-order chi connectivity index (χ1) is 6.22. The number of imidazole rings is 1. The number of H-pyrrole nitrogens is 1. The lowest BCUT2D eigenvalue weighted by molar-refractivity contribution is 0.417. The molecule has 1 aromatic heterocycles. The van der Waals surface area contributed by atoms with Crippen LogP contribution in [0.4, 0.5) is 0 Å². The van der Waals surface area contributed by atoms with Gasteiger partial charge in [-0.05, 0) is 18.8 Å². The van der Waals surface area contributed by atoms with Crippen molar-refractivity contribution in [3.63, 3.8) is 0 Å². The van der Waals surface area contributed by atoms with Gasteiger partial charge < -0.3 is 4.98 Å². The van der Waals surface area contributed by atoms with Gasteiger partial charge in [0.1, 0.15) is 5.82 Å². The lowest BCUT2D eigenvalue weighted by Gasteiger charge is -2.24. The van der Waals surface area contributed by atoms with Crippen LogP contribution in [0, 0.1) is 5.92 Å². The molecule has 1 aromatic rings. The molecule has 72 valence electrons. The molecule has 0 spiro atoms. The third-order valence-electron chi connectivity index (χ3n) is 3.33. The molecular formula is C11H18N2. The van der Waals surface area contributed by atoms with Crippen LogP contribution in [0.2, 0.25) is 0 Å². The van der Waals surface area contributed by atoms with Gasteiger partial charge in [-0.25, -0.2) is 4.98 Å². The van der Waals surface area contributed by atoms with Gasteiger partial charge in [0.15, 0.2) is 0 Å². The molecule has 2 nitrogen and oxygen atoms in total. The maximum Gasteiger partial charge on any atom is 0.106 e. The van der Waals surface area contributed by atoms with E-state index in [1.807, 2.05) is 0 Å². The van der Waals surface area contributed by atoms with Gasteiger partial charge in [-0.1, -0.05) is 20.8 Å². The summed E-state index contributed by atoms with van der Waals surface area (Å²) >= 11 is 0. The fraction of sp³-hybridized carbons (Fsp3) is 0.727.